The van der Waals surface area contributed by atoms with E-state index in [1.165, 1.54) is 5.56 Å². The van der Waals surface area contributed by atoms with Crippen LogP contribution in [0.4, 0.5) is 0 Å². The molecule has 3 heteroatoms. The first-order valence-corrected chi connectivity index (χ1v) is 4.27. The average Bonchev–Trinajstić information content (AvgIpc) is 2.21. The van der Waals surface area contributed by atoms with E-state index >= 15 is 0 Å². The van der Waals surface area contributed by atoms with Gasteiger partial charge in [0.15, 0.2) is 0 Å². The predicted molar refractivity (Wildman–Crippen MR) is 55.5 cm³/mol. The van der Waals surface area contributed by atoms with Crippen molar-refractivity contribution in [2.45, 2.75) is 12.8 Å². The van der Waals surface area contributed by atoms with Gasteiger partial charge in [0, 0.05) is 13.0 Å². The molecule has 0 saturated carbocycles. The van der Waals surface area contributed by atoms with E-state index in [1.807, 2.05) is 18.2 Å². The minimum Gasteiger partial charge on any atom is -0.312 e. The van der Waals surface area contributed by atoms with Crippen LogP contribution >= 0.6 is 0 Å². The summed E-state index contributed by atoms with van der Waals surface area (Å²) in [6.07, 6.45) is 0. The van der Waals surface area contributed by atoms with Crippen molar-refractivity contribution in [2.24, 2.45) is 10.8 Å². The Balaban J connectivity index is 2.85. The van der Waals surface area contributed by atoms with Gasteiger partial charge < -0.3 is 5.43 Å². The molecule has 0 heterocycles. The molecular weight excluding hydrogens is 162 g/mol. The molecule has 1 unspecified atom stereocenters. The molecule has 0 spiro atoms. The summed E-state index contributed by atoms with van der Waals surface area (Å²) in [7, 11) is 1.73. The molecule has 0 aromatic heterocycles. The van der Waals surface area contributed by atoms with Crippen molar-refractivity contribution >= 4 is 5.84 Å². The highest BCUT2D eigenvalue weighted by Crippen LogP contribution is 2.14. The second kappa shape index (κ2) is 4.62. The molecule has 0 saturated heterocycles. The highest BCUT2D eigenvalue weighted by atomic mass is 15.2. The summed E-state index contributed by atoms with van der Waals surface area (Å²) in [4.78, 5) is 4.06. The van der Waals surface area contributed by atoms with Crippen molar-refractivity contribution in [3.63, 3.8) is 0 Å². The second-order valence-electron chi connectivity index (χ2n) is 2.89. The highest BCUT2D eigenvalue weighted by molar-refractivity contribution is 5.87. The minimum atomic E-state index is 0.219. The third kappa shape index (κ3) is 2.29. The number of hydrogen-bond acceptors (Lipinski definition) is 2. The van der Waals surface area contributed by atoms with E-state index in [2.05, 4.69) is 29.5 Å². The van der Waals surface area contributed by atoms with Crippen LogP contribution in [0.15, 0.2) is 35.3 Å². The van der Waals surface area contributed by atoms with Gasteiger partial charge in [0.05, 0.1) is 0 Å². The Morgan fingerprint density at radius 2 is 2.00 bits per heavy atom. The maximum absolute atomic E-state index is 5.34. The molecule has 0 amide bonds. The van der Waals surface area contributed by atoms with Gasteiger partial charge in [-0.05, 0) is 5.56 Å². The number of rotatable bonds is 2. The number of nitrogens with two attached hydrogens (primary N) is 1. The molecule has 1 atom stereocenters. The van der Waals surface area contributed by atoms with Crippen LogP contribution in [-0.4, -0.2) is 12.9 Å². The van der Waals surface area contributed by atoms with Crippen molar-refractivity contribution in [3.05, 3.63) is 35.9 Å². The topological polar surface area (TPSA) is 50.4 Å². The van der Waals surface area contributed by atoms with Crippen LogP contribution in [0.5, 0.6) is 0 Å². The molecule has 3 N–H and O–H groups in total. The van der Waals surface area contributed by atoms with E-state index in [4.69, 9.17) is 5.84 Å². The number of hydrogen-bond donors (Lipinski definition) is 2. The number of aliphatic imine (C=N–C) groups is 1. The molecule has 0 radical (unpaired) electrons. The quantitative estimate of drug-likeness (QED) is 0.309. The smallest absolute Gasteiger partial charge is 0.117 e. The number of benzene rings is 1. The third-order valence-electron chi connectivity index (χ3n) is 2.10. The Bertz CT molecular complexity index is 279. The van der Waals surface area contributed by atoms with Crippen LogP contribution in [-0.2, 0) is 0 Å². The molecule has 3 nitrogen and oxygen atoms in total. The zero-order chi connectivity index (χ0) is 9.68. The average molecular weight is 177 g/mol. The fourth-order valence-corrected chi connectivity index (χ4v) is 1.28. The second-order valence-corrected chi connectivity index (χ2v) is 2.89. The van der Waals surface area contributed by atoms with Crippen LogP contribution in [0.3, 0.4) is 0 Å². The summed E-state index contributed by atoms with van der Waals surface area (Å²) >= 11 is 0. The molecular formula is C10H15N3. The monoisotopic (exact) mass is 177 g/mol. The van der Waals surface area contributed by atoms with Gasteiger partial charge in [0.2, 0.25) is 0 Å². The molecule has 1 rings (SSSR count). The Morgan fingerprint density at radius 3 is 2.46 bits per heavy atom. The maximum Gasteiger partial charge on any atom is 0.117 e. The lowest BCUT2D eigenvalue weighted by Crippen LogP contribution is -2.34. The largest absolute Gasteiger partial charge is 0.312 e. The Hall–Kier alpha value is -1.35. The molecule has 1 aromatic carbocycles. The van der Waals surface area contributed by atoms with Crippen LogP contribution in [0.1, 0.15) is 18.4 Å². The Labute approximate surface area is 78.6 Å². The first-order valence-electron chi connectivity index (χ1n) is 4.27. The molecule has 13 heavy (non-hydrogen) atoms. The normalized spacial score (nSPS) is 13.9. The lowest BCUT2D eigenvalue weighted by Gasteiger charge is -2.13. The summed E-state index contributed by atoms with van der Waals surface area (Å²) < 4.78 is 0. The molecule has 70 valence electrons. The van der Waals surface area contributed by atoms with Gasteiger partial charge in [-0.1, -0.05) is 37.3 Å². The van der Waals surface area contributed by atoms with E-state index in [0.717, 1.165) is 5.84 Å². The van der Waals surface area contributed by atoms with E-state index in [9.17, 15) is 0 Å². The number of nitrogens with zero attached hydrogens (tertiary/aromatic N) is 1. The van der Waals surface area contributed by atoms with E-state index in [1.54, 1.807) is 7.05 Å². The summed E-state index contributed by atoms with van der Waals surface area (Å²) in [6.45, 7) is 2.07. The number of amidine groups is 1. The molecule has 0 aliphatic carbocycles. The molecule has 0 bridgehead atoms. The molecule has 0 aliphatic heterocycles. The van der Waals surface area contributed by atoms with E-state index < -0.39 is 0 Å². The summed E-state index contributed by atoms with van der Waals surface area (Å²) in [5.74, 6) is 6.36. The molecule has 0 fully saturated rings. The predicted octanol–water partition coefficient (Wildman–Crippen LogP) is 1.28. The molecule has 0 aliphatic rings. The standard InChI is InChI=1S/C10H15N3/c1-8(10(12-2)13-11)9-6-4-3-5-7-9/h3-8H,11H2,1-2H3,(H,12,13). The Kier molecular flexibility index (Phi) is 3.46. The number of nitrogens with one attached hydrogen (secondary N) is 1. The third-order valence-corrected chi connectivity index (χ3v) is 2.10. The summed E-state index contributed by atoms with van der Waals surface area (Å²) in [6, 6.07) is 10.1. The van der Waals surface area contributed by atoms with Gasteiger partial charge in [-0.15, -0.1) is 0 Å². The fraction of sp³-hybridized carbons (Fsp3) is 0.300. The van der Waals surface area contributed by atoms with Crippen molar-refractivity contribution < 1.29 is 0 Å². The van der Waals surface area contributed by atoms with Gasteiger partial charge in [0.1, 0.15) is 5.84 Å². The van der Waals surface area contributed by atoms with Crippen molar-refractivity contribution in [1.82, 2.24) is 5.43 Å². The fourth-order valence-electron chi connectivity index (χ4n) is 1.28. The zero-order valence-electron chi connectivity index (χ0n) is 7.99. The highest BCUT2D eigenvalue weighted by Gasteiger charge is 2.09. The lowest BCUT2D eigenvalue weighted by molar-refractivity contribution is 0.895. The zero-order valence-corrected chi connectivity index (χ0v) is 7.99. The van der Waals surface area contributed by atoms with Crippen molar-refractivity contribution in [2.75, 3.05) is 7.05 Å². The Morgan fingerprint density at radius 1 is 1.38 bits per heavy atom. The maximum atomic E-state index is 5.34. The van der Waals surface area contributed by atoms with Gasteiger partial charge in [-0.3, -0.25) is 4.99 Å². The van der Waals surface area contributed by atoms with Crippen LogP contribution < -0.4 is 11.3 Å². The van der Waals surface area contributed by atoms with E-state index in [-0.39, 0.29) is 5.92 Å². The van der Waals surface area contributed by atoms with Crippen LogP contribution in [0.25, 0.3) is 0 Å². The minimum absolute atomic E-state index is 0.219. The summed E-state index contributed by atoms with van der Waals surface area (Å²) in [5, 5.41) is 0. The van der Waals surface area contributed by atoms with Gasteiger partial charge in [-0.25, -0.2) is 5.84 Å². The number of hydrazine groups is 1. The van der Waals surface area contributed by atoms with Crippen LogP contribution in [0, 0.1) is 0 Å². The summed E-state index contributed by atoms with van der Waals surface area (Å²) in [5.41, 5.74) is 3.81. The SMILES string of the molecule is CN=C(NN)C(C)c1ccccc1. The van der Waals surface area contributed by atoms with Crippen molar-refractivity contribution in [1.29, 1.82) is 0 Å². The van der Waals surface area contributed by atoms with E-state index in [0.29, 0.717) is 0 Å². The van der Waals surface area contributed by atoms with Gasteiger partial charge >= 0.3 is 0 Å². The van der Waals surface area contributed by atoms with Gasteiger partial charge in [-0.2, -0.15) is 0 Å². The lowest BCUT2D eigenvalue weighted by atomic mass is 10.0. The first kappa shape index (κ1) is 9.74. The first-order chi connectivity index (χ1) is 6.29. The van der Waals surface area contributed by atoms with Gasteiger partial charge in [0.25, 0.3) is 0 Å². The van der Waals surface area contributed by atoms with Crippen LogP contribution in [0.2, 0.25) is 0 Å². The van der Waals surface area contributed by atoms with Crippen molar-refractivity contribution in [3.8, 4) is 0 Å². The molecule has 1 aromatic rings.